The van der Waals surface area contributed by atoms with Gasteiger partial charge in [-0.15, -0.1) is 0 Å². The van der Waals surface area contributed by atoms with E-state index in [0.717, 1.165) is 32.1 Å². The minimum absolute atomic E-state index is 0.00568. The van der Waals surface area contributed by atoms with Gasteiger partial charge in [0.2, 0.25) is 0 Å². The number of ether oxygens (including phenoxy) is 1. The number of carbonyl (C=O) groups excluding carboxylic acids is 2. The van der Waals surface area contributed by atoms with Gasteiger partial charge in [0, 0.05) is 17.5 Å². The number of nitrogens with zero attached hydrogens (tertiary/aromatic N) is 1. The lowest BCUT2D eigenvalue weighted by Gasteiger charge is -2.22. The molecule has 0 bridgehead atoms. The molecule has 0 N–H and O–H groups in total. The molecule has 2 atom stereocenters. The molecule has 0 saturated heterocycles. The van der Waals surface area contributed by atoms with Crippen molar-refractivity contribution in [3.63, 3.8) is 0 Å². The molecule has 2 rings (SSSR count). The fourth-order valence-electron chi connectivity index (χ4n) is 3.13. The molecular formula is C18H23NO5. The maximum atomic E-state index is 12.6. The van der Waals surface area contributed by atoms with Crippen LogP contribution in [-0.2, 0) is 9.53 Å². The van der Waals surface area contributed by atoms with E-state index in [1.54, 1.807) is 0 Å². The van der Waals surface area contributed by atoms with E-state index in [2.05, 4.69) is 6.92 Å². The summed E-state index contributed by atoms with van der Waals surface area (Å²) in [4.78, 5) is 34.8. The molecule has 1 fully saturated rings. The van der Waals surface area contributed by atoms with E-state index in [1.807, 2.05) is 6.92 Å². The number of Topliss-reactive ketones (excluding diaryl/α,β-unsaturated/α-hetero) is 1. The van der Waals surface area contributed by atoms with Crippen molar-refractivity contribution < 1.29 is 19.2 Å². The Hall–Kier alpha value is -2.24. The Balaban J connectivity index is 1.97. The summed E-state index contributed by atoms with van der Waals surface area (Å²) in [5.41, 5.74) is -0.282. The summed E-state index contributed by atoms with van der Waals surface area (Å²) < 4.78 is 5.35. The van der Waals surface area contributed by atoms with Gasteiger partial charge in [0.15, 0.2) is 11.9 Å². The number of benzene rings is 1. The molecule has 6 nitrogen and oxygen atoms in total. The van der Waals surface area contributed by atoms with Crippen LogP contribution >= 0.6 is 0 Å². The number of nitro groups is 1. The van der Waals surface area contributed by atoms with Crippen LogP contribution in [0, 0.1) is 15.5 Å². The first-order chi connectivity index (χ1) is 11.4. The number of non-ortho nitro benzene ring substituents is 1. The first kappa shape index (κ1) is 18.1. The van der Waals surface area contributed by atoms with Gasteiger partial charge in [0.25, 0.3) is 5.69 Å². The van der Waals surface area contributed by atoms with Crippen molar-refractivity contribution in [3.05, 3.63) is 39.9 Å². The highest BCUT2D eigenvalue weighted by Crippen LogP contribution is 2.40. The fourth-order valence-corrected chi connectivity index (χ4v) is 3.13. The zero-order valence-electron chi connectivity index (χ0n) is 14.1. The molecule has 130 valence electrons. The highest BCUT2D eigenvalue weighted by molar-refractivity contribution is 5.95. The van der Waals surface area contributed by atoms with Crippen LogP contribution in [0.4, 0.5) is 5.69 Å². The molecule has 0 radical (unpaired) electrons. The normalized spacial score (nSPS) is 23.2. The number of carbonyl (C=O) groups is 2. The van der Waals surface area contributed by atoms with Crippen LogP contribution in [0.25, 0.3) is 0 Å². The molecule has 0 aliphatic heterocycles. The summed E-state index contributed by atoms with van der Waals surface area (Å²) in [5, 5.41) is 10.6. The zero-order valence-corrected chi connectivity index (χ0v) is 14.1. The average molecular weight is 333 g/mol. The second kappa shape index (κ2) is 7.55. The second-order valence-electron chi connectivity index (χ2n) is 6.62. The lowest BCUT2D eigenvalue weighted by molar-refractivity contribution is -0.384. The Morgan fingerprint density at radius 1 is 1.33 bits per heavy atom. The van der Waals surface area contributed by atoms with Gasteiger partial charge in [-0.05, 0) is 31.4 Å². The Labute approximate surface area is 141 Å². The predicted octanol–water partition coefficient (Wildman–Crippen LogP) is 4.07. The van der Waals surface area contributed by atoms with E-state index in [4.69, 9.17) is 4.74 Å². The van der Waals surface area contributed by atoms with Crippen molar-refractivity contribution in [2.45, 2.75) is 58.5 Å². The minimum atomic E-state index is -0.709. The quantitative estimate of drug-likeness (QED) is 0.325. The number of nitro benzene ring substituents is 1. The Morgan fingerprint density at radius 3 is 2.58 bits per heavy atom. The number of ketones is 1. The molecule has 0 heterocycles. The maximum absolute atomic E-state index is 12.6. The standard InChI is InChI=1S/C18H23NO5/c1-3-4-5-11-18(2)12-10-15(16(18)20)24-17(21)13-6-8-14(9-7-13)19(22)23/h6-9,15H,3-5,10-12H2,1-2H3/t15-,18-/m1/s1. The zero-order chi connectivity index (χ0) is 17.7. The molecular weight excluding hydrogens is 310 g/mol. The van der Waals surface area contributed by atoms with Crippen LogP contribution in [0.2, 0.25) is 0 Å². The van der Waals surface area contributed by atoms with Gasteiger partial charge in [0.1, 0.15) is 0 Å². The largest absolute Gasteiger partial charge is 0.451 e. The molecule has 0 unspecified atom stereocenters. The third kappa shape index (κ3) is 3.99. The first-order valence-electron chi connectivity index (χ1n) is 8.37. The highest BCUT2D eigenvalue weighted by atomic mass is 16.6. The lowest BCUT2D eigenvalue weighted by Crippen LogP contribution is -2.31. The van der Waals surface area contributed by atoms with Gasteiger partial charge >= 0.3 is 5.97 Å². The highest BCUT2D eigenvalue weighted by Gasteiger charge is 2.45. The lowest BCUT2D eigenvalue weighted by atomic mass is 9.82. The average Bonchev–Trinajstić information content (AvgIpc) is 2.84. The first-order valence-corrected chi connectivity index (χ1v) is 8.37. The number of hydrogen-bond acceptors (Lipinski definition) is 5. The smallest absolute Gasteiger partial charge is 0.338 e. The van der Waals surface area contributed by atoms with Crippen LogP contribution in [0.15, 0.2) is 24.3 Å². The molecule has 1 aliphatic carbocycles. The topological polar surface area (TPSA) is 86.5 Å². The summed E-state index contributed by atoms with van der Waals surface area (Å²) in [7, 11) is 0. The molecule has 1 aromatic carbocycles. The number of hydrogen-bond donors (Lipinski definition) is 0. The van der Waals surface area contributed by atoms with Gasteiger partial charge in [-0.3, -0.25) is 14.9 Å². The van der Waals surface area contributed by atoms with E-state index in [9.17, 15) is 19.7 Å². The third-order valence-corrected chi connectivity index (χ3v) is 4.74. The number of unbranched alkanes of at least 4 members (excludes halogenated alkanes) is 2. The van der Waals surface area contributed by atoms with E-state index >= 15 is 0 Å². The summed E-state index contributed by atoms with van der Waals surface area (Å²) in [5.74, 6) is -0.616. The van der Waals surface area contributed by atoms with E-state index in [0.29, 0.717) is 6.42 Å². The van der Waals surface area contributed by atoms with Crippen molar-refractivity contribution in [2.75, 3.05) is 0 Å². The molecule has 0 aromatic heterocycles. The fraction of sp³-hybridized carbons (Fsp3) is 0.556. The minimum Gasteiger partial charge on any atom is -0.451 e. The SMILES string of the molecule is CCCCC[C@]1(C)CC[C@@H](OC(=O)c2ccc([N+](=O)[O-])cc2)C1=O. The predicted molar refractivity (Wildman–Crippen MR) is 88.8 cm³/mol. The van der Waals surface area contributed by atoms with E-state index in [-0.39, 0.29) is 17.0 Å². The third-order valence-electron chi connectivity index (χ3n) is 4.74. The van der Waals surface area contributed by atoms with Crippen LogP contribution in [0.1, 0.15) is 62.7 Å². The van der Waals surface area contributed by atoms with Crippen LogP contribution in [0.3, 0.4) is 0 Å². The Bertz CT molecular complexity index is 625. The van der Waals surface area contributed by atoms with Crippen molar-refractivity contribution in [3.8, 4) is 0 Å². The maximum Gasteiger partial charge on any atom is 0.338 e. The molecule has 1 saturated carbocycles. The number of rotatable bonds is 7. The summed E-state index contributed by atoms with van der Waals surface area (Å²) in [6.45, 7) is 4.07. The van der Waals surface area contributed by atoms with Gasteiger partial charge in [-0.1, -0.05) is 33.1 Å². The Kier molecular flexibility index (Phi) is 5.70. The van der Waals surface area contributed by atoms with E-state index in [1.165, 1.54) is 24.3 Å². The summed E-state index contributed by atoms with van der Waals surface area (Å²) in [6, 6.07) is 5.20. The summed E-state index contributed by atoms with van der Waals surface area (Å²) >= 11 is 0. The molecule has 1 aromatic rings. The molecule has 0 amide bonds. The Morgan fingerprint density at radius 2 is 2.00 bits per heavy atom. The van der Waals surface area contributed by atoms with Crippen LogP contribution in [0.5, 0.6) is 0 Å². The molecule has 24 heavy (non-hydrogen) atoms. The summed E-state index contributed by atoms with van der Waals surface area (Å²) in [6.07, 6.45) is 4.58. The second-order valence-corrected chi connectivity index (χ2v) is 6.62. The van der Waals surface area contributed by atoms with Gasteiger partial charge in [-0.2, -0.15) is 0 Å². The molecule has 1 aliphatic rings. The molecule has 6 heteroatoms. The van der Waals surface area contributed by atoms with Crippen molar-refractivity contribution in [1.29, 1.82) is 0 Å². The van der Waals surface area contributed by atoms with Crippen molar-refractivity contribution >= 4 is 17.4 Å². The van der Waals surface area contributed by atoms with Gasteiger partial charge in [-0.25, -0.2) is 4.79 Å². The monoisotopic (exact) mass is 333 g/mol. The van der Waals surface area contributed by atoms with Crippen molar-refractivity contribution in [1.82, 2.24) is 0 Å². The van der Waals surface area contributed by atoms with E-state index < -0.39 is 22.4 Å². The van der Waals surface area contributed by atoms with Gasteiger partial charge in [0.05, 0.1) is 10.5 Å². The number of esters is 1. The molecule has 0 spiro atoms. The van der Waals surface area contributed by atoms with Gasteiger partial charge < -0.3 is 4.74 Å². The van der Waals surface area contributed by atoms with Crippen LogP contribution in [-0.4, -0.2) is 22.8 Å². The van der Waals surface area contributed by atoms with Crippen molar-refractivity contribution in [2.24, 2.45) is 5.41 Å². The van der Waals surface area contributed by atoms with Crippen LogP contribution < -0.4 is 0 Å².